The lowest BCUT2D eigenvalue weighted by atomic mass is 10.0. The molecule has 29 heavy (non-hydrogen) atoms. The second kappa shape index (κ2) is 10.1. The third-order valence-corrected chi connectivity index (χ3v) is 4.62. The first kappa shape index (κ1) is 20.9. The molecule has 0 saturated carbocycles. The first-order chi connectivity index (χ1) is 14.2. The van der Waals surface area contributed by atoms with Crippen LogP contribution in [0.1, 0.15) is 37.8 Å². The third kappa shape index (κ3) is 5.15. The highest BCUT2D eigenvalue weighted by Gasteiger charge is 2.15. The minimum atomic E-state index is 0.235. The number of aliphatic hydroxyl groups excluding tert-OH is 1. The number of unbranched alkanes of at least 4 members (excludes halogenated alkanes) is 1. The van der Waals surface area contributed by atoms with E-state index in [4.69, 9.17) is 19.1 Å². The number of benzene rings is 2. The van der Waals surface area contributed by atoms with Crippen LogP contribution >= 0.6 is 0 Å². The summed E-state index contributed by atoms with van der Waals surface area (Å²) < 4.78 is 16.8. The van der Waals surface area contributed by atoms with Crippen LogP contribution in [0.5, 0.6) is 11.5 Å². The minimum absolute atomic E-state index is 0.235. The van der Waals surface area contributed by atoms with Crippen LogP contribution in [0.25, 0.3) is 22.8 Å². The molecule has 0 aliphatic rings. The molecule has 0 bridgehead atoms. The van der Waals surface area contributed by atoms with Crippen LogP contribution in [0.3, 0.4) is 0 Å². The van der Waals surface area contributed by atoms with E-state index in [9.17, 15) is 0 Å². The smallest absolute Gasteiger partial charge is 0.258 e. The Kier molecular flexibility index (Phi) is 7.25. The molecule has 0 aliphatic heterocycles. The molecule has 3 aromatic rings. The number of aliphatic hydroxyl groups is 1. The van der Waals surface area contributed by atoms with Gasteiger partial charge >= 0.3 is 0 Å². The summed E-state index contributed by atoms with van der Waals surface area (Å²) in [5, 5.41) is 13.1. The van der Waals surface area contributed by atoms with Gasteiger partial charge in [-0.1, -0.05) is 23.4 Å². The molecule has 0 amide bonds. The SMILES string of the molecule is CCOc1ccc(-c2nc(-c3ccc(CCCCO)cc3C)no2)cc1OCC. The second-order valence-corrected chi connectivity index (χ2v) is 6.78. The maximum Gasteiger partial charge on any atom is 0.258 e. The van der Waals surface area contributed by atoms with Gasteiger partial charge in [0.2, 0.25) is 5.82 Å². The number of aryl methyl sites for hydroxylation is 2. The summed E-state index contributed by atoms with van der Waals surface area (Å²) in [6, 6.07) is 11.9. The average molecular weight is 396 g/mol. The molecule has 1 aromatic heterocycles. The molecule has 1 heterocycles. The van der Waals surface area contributed by atoms with Crippen LogP contribution in [0.4, 0.5) is 0 Å². The Morgan fingerprint density at radius 1 is 0.966 bits per heavy atom. The first-order valence-corrected chi connectivity index (χ1v) is 10.1. The van der Waals surface area contributed by atoms with E-state index in [-0.39, 0.29) is 6.61 Å². The van der Waals surface area contributed by atoms with Gasteiger partial charge in [0.05, 0.1) is 13.2 Å². The van der Waals surface area contributed by atoms with Crippen LogP contribution in [0.2, 0.25) is 0 Å². The maximum atomic E-state index is 8.94. The third-order valence-electron chi connectivity index (χ3n) is 4.62. The van der Waals surface area contributed by atoms with Gasteiger partial charge in [-0.25, -0.2) is 0 Å². The Bertz CT molecular complexity index is 936. The van der Waals surface area contributed by atoms with Crippen molar-refractivity contribution in [3.8, 4) is 34.3 Å². The molecule has 0 radical (unpaired) electrons. The van der Waals surface area contributed by atoms with Crippen LogP contribution < -0.4 is 9.47 Å². The Hall–Kier alpha value is -2.86. The van der Waals surface area contributed by atoms with Crippen molar-refractivity contribution in [3.63, 3.8) is 0 Å². The van der Waals surface area contributed by atoms with Gasteiger partial charge in [-0.3, -0.25) is 0 Å². The van der Waals surface area contributed by atoms with E-state index < -0.39 is 0 Å². The average Bonchev–Trinajstić information content (AvgIpc) is 3.20. The highest BCUT2D eigenvalue weighted by Crippen LogP contribution is 2.33. The number of nitrogens with zero attached hydrogens (tertiary/aromatic N) is 2. The van der Waals surface area contributed by atoms with E-state index in [1.807, 2.05) is 45.0 Å². The van der Waals surface area contributed by atoms with Crippen molar-refractivity contribution in [2.45, 2.75) is 40.0 Å². The highest BCUT2D eigenvalue weighted by molar-refractivity contribution is 5.65. The zero-order valence-electron chi connectivity index (χ0n) is 17.3. The molecule has 1 N–H and O–H groups in total. The summed E-state index contributed by atoms with van der Waals surface area (Å²) in [7, 11) is 0. The quantitative estimate of drug-likeness (QED) is 0.495. The fraction of sp³-hybridized carbons (Fsp3) is 0.391. The molecule has 2 aromatic carbocycles. The second-order valence-electron chi connectivity index (χ2n) is 6.78. The normalized spacial score (nSPS) is 10.9. The van der Waals surface area contributed by atoms with Gasteiger partial charge in [0.15, 0.2) is 11.5 Å². The van der Waals surface area contributed by atoms with Crippen molar-refractivity contribution in [2.24, 2.45) is 0 Å². The van der Waals surface area contributed by atoms with Crippen molar-refractivity contribution < 1.29 is 19.1 Å². The van der Waals surface area contributed by atoms with Gasteiger partial charge in [-0.05, 0) is 69.4 Å². The predicted octanol–water partition coefficient (Wildman–Crippen LogP) is 4.82. The van der Waals surface area contributed by atoms with Gasteiger partial charge in [-0.15, -0.1) is 0 Å². The van der Waals surface area contributed by atoms with E-state index in [1.54, 1.807) is 0 Å². The molecule has 0 saturated heterocycles. The lowest BCUT2D eigenvalue weighted by molar-refractivity contribution is 0.284. The van der Waals surface area contributed by atoms with Crippen molar-refractivity contribution >= 4 is 0 Å². The maximum absolute atomic E-state index is 8.94. The lowest BCUT2D eigenvalue weighted by Gasteiger charge is -2.11. The number of aromatic nitrogens is 2. The fourth-order valence-electron chi connectivity index (χ4n) is 3.21. The number of rotatable bonds is 10. The van der Waals surface area contributed by atoms with Crippen LogP contribution in [0.15, 0.2) is 40.9 Å². The Morgan fingerprint density at radius 2 is 1.76 bits per heavy atom. The predicted molar refractivity (Wildman–Crippen MR) is 112 cm³/mol. The first-order valence-electron chi connectivity index (χ1n) is 10.1. The molecule has 3 rings (SSSR count). The van der Waals surface area contributed by atoms with Crippen molar-refractivity contribution in [1.82, 2.24) is 10.1 Å². The van der Waals surface area contributed by atoms with Crippen LogP contribution in [0, 0.1) is 6.92 Å². The molecular formula is C23H28N2O4. The minimum Gasteiger partial charge on any atom is -0.490 e. The van der Waals surface area contributed by atoms with Crippen LogP contribution in [-0.4, -0.2) is 35.1 Å². The lowest BCUT2D eigenvalue weighted by Crippen LogP contribution is -1.98. The topological polar surface area (TPSA) is 77.6 Å². The van der Waals surface area contributed by atoms with E-state index in [2.05, 4.69) is 22.3 Å². The molecular weight excluding hydrogens is 368 g/mol. The van der Waals surface area contributed by atoms with E-state index in [0.29, 0.717) is 36.4 Å². The number of hydrogen-bond acceptors (Lipinski definition) is 6. The summed E-state index contributed by atoms with van der Waals surface area (Å²) in [4.78, 5) is 4.59. The zero-order valence-corrected chi connectivity index (χ0v) is 17.3. The number of hydrogen-bond donors (Lipinski definition) is 1. The molecule has 6 nitrogen and oxygen atoms in total. The standard InChI is InChI=1S/C23H28N2O4/c1-4-27-20-12-10-18(15-21(20)28-5-2)23-24-22(25-29-23)19-11-9-17(14-16(19)3)8-6-7-13-26/h9-12,14-15,26H,4-8,13H2,1-3H3. The summed E-state index contributed by atoms with van der Waals surface area (Å²) in [5.74, 6) is 2.36. The fourth-order valence-corrected chi connectivity index (χ4v) is 3.21. The molecule has 0 spiro atoms. The summed E-state index contributed by atoms with van der Waals surface area (Å²) >= 11 is 0. The molecule has 0 atom stereocenters. The van der Waals surface area contributed by atoms with Crippen molar-refractivity contribution in [2.75, 3.05) is 19.8 Å². The van der Waals surface area contributed by atoms with Gasteiger partial charge in [-0.2, -0.15) is 4.98 Å². The molecule has 0 aliphatic carbocycles. The van der Waals surface area contributed by atoms with Crippen molar-refractivity contribution in [1.29, 1.82) is 0 Å². The monoisotopic (exact) mass is 396 g/mol. The zero-order chi connectivity index (χ0) is 20.6. The van der Waals surface area contributed by atoms with Crippen LogP contribution in [-0.2, 0) is 6.42 Å². The molecule has 154 valence electrons. The largest absolute Gasteiger partial charge is 0.490 e. The Balaban J connectivity index is 1.83. The van der Waals surface area contributed by atoms with E-state index >= 15 is 0 Å². The summed E-state index contributed by atoms with van der Waals surface area (Å²) in [6.45, 7) is 7.27. The van der Waals surface area contributed by atoms with Gasteiger partial charge in [0.25, 0.3) is 5.89 Å². The van der Waals surface area contributed by atoms with E-state index in [0.717, 1.165) is 36.0 Å². The van der Waals surface area contributed by atoms with Gasteiger partial charge in [0.1, 0.15) is 0 Å². The van der Waals surface area contributed by atoms with Gasteiger partial charge < -0.3 is 19.1 Å². The molecule has 0 unspecified atom stereocenters. The Labute approximate surface area is 171 Å². The summed E-state index contributed by atoms with van der Waals surface area (Å²) in [6.07, 6.45) is 2.74. The highest BCUT2D eigenvalue weighted by atomic mass is 16.5. The molecule has 6 heteroatoms. The number of ether oxygens (including phenoxy) is 2. The van der Waals surface area contributed by atoms with Gasteiger partial charge in [0, 0.05) is 17.7 Å². The molecule has 0 fully saturated rings. The summed E-state index contributed by atoms with van der Waals surface area (Å²) in [5.41, 5.74) is 4.08. The van der Waals surface area contributed by atoms with Crippen molar-refractivity contribution in [3.05, 3.63) is 47.5 Å². The van der Waals surface area contributed by atoms with E-state index in [1.165, 1.54) is 5.56 Å². The Morgan fingerprint density at radius 3 is 2.48 bits per heavy atom.